The molecule has 0 saturated carbocycles. The second-order valence-corrected chi connectivity index (χ2v) is 7.61. The molecule has 3 nitrogen and oxygen atoms in total. The van der Waals surface area contributed by atoms with Gasteiger partial charge in [-0.15, -0.1) is 11.8 Å². The fraction of sp³-hybridized carbons (Fsp3) is 0.611. The summed E-state index contributed by atoms with van der Waals surface area (Å²) in [6, 6.07) is 4.65. The standard InChI is InChI=1S/C18H26ClFN2OS/c19-16-7-6-15(17(20)12-16)13-24-14-18(23)21-8-5-11-22-9-3-1-2-4-10-22/h6-7,12H,1-5,8-11,13-14H2,(H,21,23). The van der Waals surface area contributed by atoms with Crippen LogP contribution in [0.25, 0.3) is 0 Å². The molecule has 1 aromatic rings. The van der Waals surface area contributed by atoms with E-state index < -0.39 is 0 Å². The number of hydrogen-bond donors (Lipinski definition) is 1. The van der Waals surface area contributed by atoms with Gasteiger partial charge in [-0.1, -0.05) is 30.5 Å². The maximum absolute atomic E-state index is 13.6. The molecule has 1 aliphatic heterocycles. The predicted molar refractivity (Wildman–Crippen MR) is 100 cm³/mol. The summed E-state index contributed by atoms with van der Waals surface area (Å²) in [5, 5.41) is 3.34. The molecule has 134 valence electrons. The van der Waals surface area contributed by atoms with Gasteiger partial charge >= 0.3 is 0 Å². The van der Waals surface area contributed by atoms with E-state index in [1.807, 2.05) is 0 Å². The SMILES string of the molecule is O=C(CSCc1ccc(Cl)cc1F)NCCCN1CCCCCC1. The van der Waals surface area contributed by atoms with Gasteiger partial charge in [0.25, 0.3) is 0 Å². The van der Waals surface area contributed by atoms with Crippen LogP contribution in [-0.4, -0.2) is 42.7 Å². The maximum Gasteiger partial charge on any atom is 0.230 e. The molecule has 1 amide bonds. The Morgan fingerprint density at radius 3 is 2.71 bits per heavy atom. The Morgan fingerprint density at radius 1 is 1.25 bits per heavy atom. The Morgan fingerprint density at radius 2 is 2.00 bits per heavy atom. The smallest absolute Gasteiger partial charge is 0.230 e. The highest BCUT2D eigenvalue weighted by Crippen LogP contribution is 2.19. The molecule has 0 atom stereocenters. The summed E-state index contributed by atoms with van der Waals surface area (Å²) in [7, 11) is 0. The molecule has 0 spiro atoms. The molecule has 0 radical (unpaired) electrons. The summed E-state index contributed by atoms with van der Waals surface area (Å²) in [4.78, 5) is 14.3. The summed E-state index contributed by atoms with van der Waals surface area (Å²) < 4.78 is 13.6. The van der Waals surface area contributed by atoms with Crippen molar-refractivity contribution in [2.75, 3.05) is 31.9 Å². The third kappa shape index (κ3) is 7.41. The van der Waals surface area contributed by atoms with Crippen molar-refractivity contribution in [1.82, 2.24) is 10.2 Å². The van der Waals surface area contributed by atoms with Gasteiger partial charge in [0.1, 0.15) is 5.82 Å². The number of hydrogen-bond acceptors (Lipinski definition) is 3. The van der Waals surface area contributed by atoms with Gasteiger partial charge in [-0.25, -0.2) is 4.39 Å². The van der Waals surface area contributed by atoms with Crippen LogP contribution in [0.4, 0.5) is 4.39 Å². The summed E-state index contributed by atoms with van der Waals surface area (Å²) in [5.41, 5.74) is 0.582. The van der Waals surface area contributed by atoms with Gasteiger partial charge < -0.3 is 10.2 Å². The Labute approximate surface area is 153 Å². The summed E-state index contributed by atoms with van der Waals surface area (Å²) in [6.45, 7) is 4.15. The zero-order chi connectivity index (χ0) is 17.2. The minimum Gasteiger partial charge on any atom is -0.355 e. The number of halogens is 2. The molecule has 0 aromatic heterocycles. The van der Waals surface area contributed by atoms with Gasteiger partial charge in [0, 0.05) is 17.3 Å². The number of amides is 1. The molecule has 1 N–H and O–H groups in total. The van der Waals surface area contributed by atoms with Crippen LogP contribution in [0, 0.1) is 5.82 Å². The van der Waals surface area contributed by atoms with E-state index in [2.05, 4.69) is 10.2 Å². The minimum atomic E-state index is -0.312. The Hall–Kier alpha value is -0.780. The molecule has 0 aliphatic carbocycles. The van der Waals surface area contributed by atoms with Crippen molar-refractivity contribution in [2.24, 2.45) is 0 Å². The maximum atomic E-state index is 13.6. The van der Waals surface area contributed by atoms with Crippen LogP contribution >= 0.6 is 23.4 Å². The monoisotopic (exact) mass is 372 g/mol. The number of rotatable bonds is 8. The molecule has 0 unspecified atom stereocenters. The first-order chi connectivity index (χ1) is 11.6. The number of carbonyl (C=O) groups excluding carboxylic acids is 1. The second kappa shape index (κ2) is 11.0. The van der Waals surface area contributed by atoms with Crippen LogP contribution in [0.15, 0.2) is 18.2 Å². The molecule has 1 fully saturated rings. The topological polar surface area (TPSA) is 32.3 Å². The van der Waals surface area contributed by atoms with Crippen molar-refractivity contribution in [3.05, 3.63) is 34.6 Å². The first-order valence-electron chi connectivity index (χ1n) is 8.66. The average Bonchev–Trinajstić information content (AvgIpc) is 2.82. The van der Waals surface area contributed by atoms with Crippen LogP contribution in [0.2, 0.25) is 5.02 Å². The molecule has 1 heterocycles. The molecule has 1 saturated heterocycles. The normalized spacial score (nSPS) is 15.9. The Kier molecular flexibility index (Phi) is 8.92. The van der Waals surface area contributed by atoms with Crippen LogP contribution in [0.1, 0.15) is 37.7 Å². The van der Waals surface area contributed by atoms with E-state index in [-0.39, 0.29) is 11.7 Å². The molecule has 0 bridgehead atoms. The largest absolute Gasteiger partial charge is 0.355 e. The Bertz CT molecular complexity index is 522. The van der Waals surface area contributed by atoms with Gasteiger partial charge in [0.15, 0.2) is 0 Å². The van der Waals surface area contributed by atoms with Crippen molar-refractivity contribution >= 4 is 29.3 Å². The number of benzene rings is 1. The fourth-order valence-electron chi connectivity index (χ4n) is 2.83. The van der Waals surface area contributed by atoms with Crippen molar-refractivity contribution < 1.29 is 9.18 Å². The third-order valence-electron chi connectivity index (χ3n) is 4.18. The molecule has 1 aromatic carbocycles. The number of nitrogens with zero attached hydrogens (tertiary/aromatic N) is 1. The van der Waals surface area contributed by atoms with Crippen LogP contribution < -0.4 is 5.32 Å². The lowest BCUT2D eigenvalue weighted by Crippen LogP contribution is -2.31. The summed E-state index contributed by atoms with van der Waals surface area (Å²) in [5.74, 6) is 0.536. The van der Waals surface area contributed by atoms with Crippen molar-refractivity contribution in [2.45, 2.75) is 37.9 Å². The molecule has 6 heteroatoms. The zero-order valence-corrected chi connectivity index (χ0v) is 15.6. The van der Waals surface area contributed by atoms with Gasteiger partial charge in [-0.3, -0.25) is 4.79 Å². The highest BCUT2D eigenvalue weighted by molar-refractivity contribution is 7.99. The minimum absolute atomic E-state index is 0.0187. The van der Waals surface area contributed by atoms with E-state index in [0.717, 1.165) is 13.0 Å². The van der Waals surface area contributed by atoms with E-state index in [0.29, 0.717) is 28.6 Å². The summed E-state index contributed by atoms with van der Waals surface area (Å²) >= 11 is 7.14. The van der Waals surface area contributed by atoms with E-state index in [1.165, 1.54) is 56.6 Å². The third-order valence-corrected chi connectivity index (χ3v) is 5.39. The first kappa shape index (κ1) is 19.5. The number of thioether (sulfide) groups is 1. The predicted octanol–water partition coefficient (Wildman–Crippen LogP) is 4.09. The zero-order valence-electron chi connectivity index (χ0n) is 14.0. The lowest BCUT2D eigenvalue weighted by atomic mass is 10.2. The highest BCUT2D eigenvalue weighted by Gasteiger charge is 2.09. The molecular weight excluding hydrogens is 347 g/mol. The molecule has 2 rings (SSSR count). The van der Waals surface area contributed by atoms with Gasteiger partial charge in [-0.2, -0.15) is 0 Å². The summed E-state index contributed by atoms with van der Waals surface area (Å²) in [6.07, 6.45) is 6.27. The van der Waals surface area contributed by atoms with Crippen LogP contribution in [-0.2, 0) is 10.5 Å². The molecular formula is C18H26ClFN2OS. The van der Waals surface area contributed by atoms with Crippen LogP contribution in [0.3, 0.4) is 0 Å². The lowest BCUT2D eigenvalue weighted by molar-refractivity contribution is -0.118. The highest BCUT2D eigenvalue weighted by atomic mass is 35.5. The Balaban J connectivity index is 1.54. The fourth-order valence-corrected chi connectivity index (χ4v) is 3.84. The van der Waals surface area contributed by atoms with E-state index >= 15 is 0 Å². The van der Waals surface area contributed by atoms with Gasteiger partial charge in [0.2, 0.25) is 5.91 Å². The van der Waals surface area contributed by atoms with E-state index in [4.69, 9.17) is 11.6 Å². The quantitative estimate of drug-likeness (QED) is 0.697. The van der Waals surface area contributed by atoms with Gasteiger partial charge in [0.05, 0.1) is 5.75 Å². The first-order valence-corrected chi connectivity index (χ1v) is 10.2. The van der Waals surface area contributed by atoms with Gasteiger partial charge in [-0.05, 0) is 56.6 Å². The molecule has 1 aliphatic rings. The number of likely N-dealkylation sites (tertiary alicyclic amines) is 1. The molecule has 24 heavy (non-hydrogen) atoms. The second-order valence-electron chi connectivity index (χ2n) is 6.19. The number of nitrogens with one attached hydrogen (secondary N) is 1. The van der Waals surface area contributed by atoms with E-state index in [9.17, 15) is 9.18 Å². The number of carbonyl (C=O) groups is 1. The van der Waals surface area contributed by atoms with Crippen molar-refractivity contribution in [3.63, 3.8) is 0 Å². The van der Waals surface area contributed by atoms with Crippen molar-refractivity contribution in [1.29, 1.82) is 0 Å². The van der Waals surface area contributed by atoms with E-state index in [1.54, 1.807) is 12.1 Å². The average molecular weight is 373 g/mol. The van der Waals surface area contributed by atoms with Crippen molar-refractivity contribution in [3.8, 4) is 0 Å². The lowest BCUT2D eigenvalue weighted by Gasteiger charge is -2.19. The van der Waals surface area contributed by atoms with Crippen LogP contribution in [0.5, 0.6) is 0 Å².